The van der Waals surface area contributed by atoms with Gasteiger partial charge in [0.1, 0.15) is 54.9 Å². The molecular weight excluding hydrogens is 1000 g/mol. The highest BCUT2D eigenvalue weighted by Gasteiger charge is 2.47. The van der Waals surface area contributed by atoms with E-state index in [1.807, 2.05) is 0 Å². The average molecular weight is 1110 g/mol. The van der Waals surface area contributed by atoms with Crippen molar-refractivity contribution in [1.82, 2.24) is 0 Å². The number of unbranched alkanes of at least 4 members (excludes halogenated alkanes) is 13. The van der Waals surface area contributed by atoms with Gasteiger partial charge in [-0.2, -0.15) is 0 Å². The predicted octanol–water partition coefficient (Wildman–Crippen LogP) is 11.3. The molecule has 0 spiro atoms. The van der Waals surface area contributed by atoms with Crippen LogP contribution in [-0.2, 0) is 33.2 Å². The second kappa shape index (κ2) is 50.1. The molecule has 2 aliphatic heterocycles. The molecule has 11 unspecified atom stereocenters. The van der Waals surface area contributed by atoms with Crippen LogP contribution in [0.15, 0.2) is 122 Å². The van der Waals surface area contributed by atoms with E-state index < -0.39 is 86.7 Å². The maximum atomic E-state index is 13.1. The Morgan fingerprint density at radius 1 is 0.418 bits per heavy atom. The summed E-state index contributed by atoms with van der Waals surface area (Å²) in [5.74, 6) is -0.398. The van der Waals surface area contributed by atoms with Crippen LogP contribution in [-0.4, -0.2) is 142 Å². The summed E-state index contributed by atoms with van der Waals surface area (Å²) in [5.41, 5.74) is 0. The molecule has 7 N–H and O–H groups in total. The number of carbonyl (C=O) groups is 1. The Morgan fingerprint density at radius 3 is 1.23 bits per heavy atom. The Kier molecular flexibility index (Phi) is 45.4. The van der Waals surface area contributed by atoms with Gasteiger partial charge in [0.25, 0.3) is 0 Å². The van der Waals surface area contributed by atoms with Gasteiger partial charge < -0.3 is 64.2 Å². The van der Waals surface area contributed by atoms with Gasteiger partial charge in [0, 0.05) is 13.0 Å². The van der Waals surface area contributed by atoms with Crippen LogP contribution in [0, 0.1) is 0 Å². The number of esters is 1. The fraction of sp³-hybridized carbons (Fsp3) is 0.677. The fourth-order valence-electron chi connectivity index (χ4n) is 8.69. The number of ether oxygens (including phenoxy) is 6. The SMILES string of the molecule is CC/C=C\C/C=C\C/C=C\C/C=C\C/C=C\CCCCCCCCCC(=O)OC(COCCCCCCCC/C=C\C/C=C\C/C=C\C/C=C\C/C=C\CC)COC1OC(COC2OC(CO)C(O)C(O)C2O)C(O)C(O)C1O. The van der Waals surface area contributed by atoms with Gasteiger partial charge in [-0.05, 0) is 103 Å². The van der Waals surface area contributed by atoms with Crippen molar-refractivity contribution in [2.45, 2.75) is 248 Å². The van der Waals surface area contributed by atoms with E-state index in [0.717, 1.165) is 141 Å². The van der Waals surface area contributed by atoms with Crippen LogP contribution in [0.2, 0.25) is 0 Å². The summed E-state index contributed by atoms with van der Waals surface area (Å²) in [6, 6.07) is 0. The first-order valence-electron chi connectivity index (χ1n) is 30.1. The highest BCUT2D eigenvalue weighted by Crippen LogP contribution is 2.26. The van der Waals surface area contributed by atoms with E-state index in [0.29, 0.717) is 13.0 Å². The Hall–Kier alpha value is -3.61. The topological polar surface area (TPSA) is 214 Å². The van der Waals surface area contributed by atoms with E-state index in [1.54, 1.807) is 0 Å². The summed E-state index contributed by atoms with van der Waals surface area (Å²) in [4.78, 5) is 13.1. The standard InChI is InChI=1S/C65H106O14/c1-3-5-7-9-11-13-15-17-19-21-23-25-27-28-30-32-34-36-38-40-42-44-46-48-57(67)77-54(51-74-49-47-45-43-41-39-37-35-33-31-29-26-24-22-20-18-16-14-12-10-8-6-4-2)52-75-64-63(73)61(71)59(69)56(79-64)53-76-65-62(72)60(70)58(68)55(50-66)78-65/h5-8,11-14,17-20,23-26,28,30-31,33,54-56,58-66,68-73H,3-4,9-10,15-16,21-22,27,29,32,34-53H2,1-2H3/b7-5-,8-6-,13-11-,14-12-,19-17-,20-18-,25-23-,26-24-,30-28-,33-31-. The quantitative estimate of drug-likeness (QED) is 0.0172. The summed E-state index contributed by atoms with van der Waals surface area (Å²) in [6.45, 7) is 3.39. The molecule has 0 amide bonds. The smallest absolute Gasteiger partial charge is 0.306 e. The summed E-state index contributed by atoms with van der Waals surface area (Å²) in [5, 5.41) is 72.4. The van der Waals surface area contributed by atoms with Crippen LogP contribution in [0.1, 0.15) is 181 Å². The van der Waals surface area contributed by atoms with Crippen molar-refractivity contribution in [2.24, 2.45) is 0 Å². The molecule has 0 aromatic heterocycles. The minimum Gasteiger partial charge on any atom is -0.457 e. The lowest BCUT2D eigenvalue weighted by atomic mass is 9.98. The lowest BCUT2D eigenvalue weighted by molar-refractivity contribution is -0.332. The van der Waals surface area contributed by atoms with Crippen LogP contribution in [0.25, 0.3) is 0 Å². The van der Waals surface area contributed by atoms with E-state index in [4.69, 9.17) is 28.4 Å². The van der Waals surface area contributed by atoms with E-state index >= 15 is 0 Å². The van der Waals surface area contributed by atoms with Crippen molar-refractivity contribution < 1.29 is 69.0 Å². The summed E-state index contributed by atoms with van der Waals surface area (Å²) in [6.07, 6.45) is 53.9. The number of hydrogen-bond donors (Lipinski definition) is 7. The molecule has 2 rings (SSSR count). The molecule has 0 bridgehead atoms. The third-order valence-electron chi connectivity index (χ3n) is 13.5. The molecule has 11 atom stereocenters. The molecule has 2 saturated heterocycles. The Morgan fingerprint density at radius 2 is 0.785 bits per heavy atom. The largest absolute Gasteiger partial charge is 0.457 e. The van der Waals surface area contributed by atoms with Crippen LogP contribution >= 0.6 is 0 Å². The first-order valence-corrected chi connectivity index (χ1v) is 30.1. The van der Waals surface area contributed by atoms with Gasteiger partial charge in [-0.15, -0.1) is 0 Å². The van der Waals surface area contributed by atoms with Crippen molar-refractivity contribution in [2.75, 3.05) is 33.0 Å². The van der Waals surface area contributed by atoms with Crippen LogP contribution < -0.4 is 0 Å². The zero-order chi connectivity index (χ0) is 57.2. The Balaban J connectivity index is 1.73. The van der Waals surface area contributed by atoms with Crippen molar-refractivity contribution in [3.8, 4) is 0 Å². The molecule has 0 radical (unpaired) electrons. The maximum absolute atomic E-state index is 13.1. The van der Waals surface area contributed by atoms with Crippen molar-refractivity contribution in [1.29, 1.82) is 0 Å². The van der Waals surface area contributed by atoms with Gasteiger partial charge in [-0.25, -0.2) is 0 Å². The number of aliphatic hydroxyl groups is 7. The van der Waals surface area contributed by atoms with Crippen molar-refractivity contribution >= 4 is 5.97 Å². The van der Waals surface area contributed by atoms with Gasteiger partial charge in [0.2, 0.25) is 0 Å². The summed E-state index contributed by atoms with van der Waals surface area (Å²) in [7, 11) is 0. The molecule has 0 aromatic rings. The second-order valence-electron chi connectivity index (χ2n) is 20.4. The normalized spacial score (nSPS) is 24.9. The molecule has 2 heterocycles. The molecule has 14 nitrogen and oxygen atoms in total. The molecule has 0 saturated carbocycles. The summed E-state index contributed by atoms with van der Waals surface area (Å²) >= 11 is 0. The van der Waals surface area contributed by atoms with Crippen LogP contribution in [0.4, 0.5) is 0 Å². The van der Waals surface area contributed by atoms with Crippen LogP contribution in [0.3, 0.4) is 0 Å². The van der Waals surface area contributed by atoms with E-state index in [1.165, 1.54) is 12.8 Å². The number of aliphatic hydroxyl groups excluding tert-OH is 7. The second-order valence-corrected chi connectivity index (χ2v) is 20.4. The monoisotopic (exact) mass is 1110 g/mol. The van der Waals surface area contributed by atoms with Crippen LogP contribution in [0.5, 0.6) is 0 Å². The molecule has 0 aromatic carbocycles. The fourth-order valence-corrected chi connectivity index (χ4v) is 8.69. The first-order chi connectivity index (χ1) is 38.6. The third-order valence-corrected chi connectivity index (χ3v) is 13.5. The molecule has 2 aliphatic rings. The van der Waals surface area contributed by atoms with Crippen molar-refractivity contribution in [3.63, 3.8) is 0 Å². The summed E-state index contributed by atoms with van der Waals surface area (Å²) < 4.78 is 34.4. The molecule has 0 aliphatic carbocycles. The number of hydrogen-bond acceptors (Lipinski definition) is 14. The molecule has 450 valence electrons. The molecular formula is C65H106O14. The maximum Gasteiger partial charge on any atom is 0.306 e. The van der Waals surface area contributed by atoms with E-state index in [9.17, 15) is 40.5 Å². The van der Waals surface area contributed by atoms with Gasteiger partial charge in [-0.3, -0.25) is 4.79 Å². The van der Waals surface area contributed by atoms with Gasteiger partial charge in [0.15, 0.2) is 12.6 Å². The average Bonchev–Trinajstić information content (AvgIpc) is 3.46. The lowest BCUT2D eigenvalue weighted by Crippen LogP contribution is -2.61. The highest BCUT2D eigenvalue weighted by molar-refractivity contribution is 5.69. The van der Waals surface area contributed by atoms with E-state index in [-0.39, 0.29) is 19.6 Å². The Labute approximate surface area is 476 Å². The predicted molar refractivity (Wildman–Crippen MR) is 316 cm³/mol. The number of carbonyl (C=O) groups excluding carboxylic acids is 1. The first kappa shape index (κ1) is 71.5. The highest BCUT2D eigenvalue weighted by atomic mass is 16.7. The molecule has 2 fully saturated rings. The molecule has 79 heavy (non-hydrogen) atoms. The minimum atomic E-state index is -1.72. The zero-order valence-electron chi connectivity index (χ0n) is 48.3. The zero-order valence-corrected chi connectivity index (χ0v) is 48.3. The van der Waals surface area contributed by atoms with E-state index in [2.05, 4.69) is 135 Å². The van der Waals surface area contributed by atoms with Gasteiger partial charge in [-0.1, -0.05) is 193 Å². The molecule has 14 heteroatoms. The lowest BCUT2D eigenvalue weighted by Gasteiger charge is -2.42. The van der Waals surface area contributed by atoms with Crippen molar-refractivity contribution in [3.05, 3.63) is 122 Å². The number of rotatable bonds is 47. The van der Waals surface area contributed by atoms with Gasteiger partial charge in [0.05, 0.1) is 26.4 Å². The number of allylic oxidation sites excluding steroid dienone is 20. The minimum absolute atomic E-state index is 0.0379. The van der Waals surface area contributed by atoms with Gasteiger partial charge >= 0.3 is 5.97 Å². The third kappa shape index (κ3) is 36.5. The Bertz CT molecular complexity index is 1770.